The minimum Gasteiger partial charge on any atom is -0.349 e. The van der Waals surface area contributed by atoms with E-state index in [-0.39, 0.29) is 23.4 Å². The average Bonchev–Trinajstić information content (AvgIpc) is 2.61. The molecule has 0 spiro atoms. The van der Waals surface area contributed by atoms with Crippen LogP contribution in [0, 0.1) is 17.8 Å². The van der Waals surface area contributed by atoms with Crippen molar-refractivity contribution in [3.8, 4) is 0 Å². The maximum atomic E-state index is 12.6. The van der Waals surface area contributed by atoms with Gasteiger partial charge < -0.3 is 10.6 Å². The van der Waals surface area contributed by atoms with Gasteiger partial charge in [-0.05, 0) is 56.3 Å². The van der Waals surface area contributed by atoms with Crippen molar-refractivity contribution in [2.24, 2.45) is 17.8 Å². The molecule has 2 amide bonds. The normalized spacial score (nSPS) is 45.0. The average molecular weight is 308 g/mol. The summed E-state index contributed by atoms with van der Waals surface area (Å²) in [5.74, 6) is 4.10. The van der Waals surface area contributed by atoms with Gasteiger partial charge in [-0.25, -0.2) is 0 Å². The van der Waals surface area contributed by atoms with E-state index in [1.807, 2.05) is 0 Å². The van der Waals surface area contributed by atoms with Gasteiger partial charge in [0.2, 0.25) is 11.8 Å². The van der Waals surface area contributed by atoms with Crippen LogP contribution < -0.4 is 10.6 Å². The van der Waals surface area contributed by atoms with E-state index in [9.17, 15) is 9.59 Å². The number of hydrogen-bond donors (Lipinski definition) is 2. The van der Waals surface area contributed by atoms with Crippen molar-refractivity contribution in [2.75, 3.05) is 11.5 Å². The molecule has 5 heteroatoms. The minimum atomic E-state index is -0.335. The summed E-state index contributed by atoms with van der Waals surface area (Å²) in [6.07, 6.45) is 8.17. The molecule has 4 saturated carbocycles. The Morgan fingerprint density at radius 3 is 2.38 bits per heavy atom. The highest BCUT2D eigenvalue weighted by Gasteiger charge is 2.51. The van der Waals surface area contributed by atoms with Crippen LogP contribution in [0.25, 0.3) is 0 Å². The smallest absolute Gasteiger partial charge is 0.243 e. The number of rotatable bonds is 2. The van der Waals surface area contributed by atoms with E-state index < -0.39 is 0 Å². The van der Waals surface area contributed by atoms with Crippen LogP contribution in [0.15, 0.2) is 0 Å². The van der Waals surface area contributed by atoms with Crippen LogP contribution in [0.5, 0.6) is 0 Å². The Hall–Kier alpha value is -0.710. The summed E-state index contributed by atoms with van der Waals surface area (Å²) < 4.78 is 0. The number of carbonyl (C=O) groups is 2. The van der Waals surface area contributed by atoms with Gasteiger partial charge >= 0.3 is 0 Å². The van der Waals surface area contributed by atoms with Gasteiger partial charge in [0.25, 0.3) is 0 Å². The first kappa shape index (κ1) is 13.9. The number of amides is 2. The standard InChI is InChI=1S/C16H24N2O2S/c19-14-1-2-21-9-13(17-14)15(20)18-16-6-10-3-11(7-16)5-12(4-10)8-16/h10-13H,1-9H2,(H,17,19)(H,18,20)/t10?,11?,12?,13-,16?/m1/s1. The molecule has 1 heterocycles. The minimum absolute atomic E-state index is 0.0191. The summed E-state index contributed by atoms with van der Waals surface area (Å²) >= 11 is 1.70. The van der Waals surface area contributed by atoms with Crippen molar-refractivity contribution in [1.82, 2.24) is 10.6 Å². The third kappa shape index (κ3) is 2.69. The molecule has 0 unspecified atom stereocenters. The topological polar surface area (TPSA) is 58.2 Å². The van der Waals surface area contributed by atoms with Crippen molar-refractivity contribution in [2.45, 2.75) is 56.5 Å². The van der Waals surface area contributed by atoms with Crippen LogP contribution in [-0.4, -0.2) is 34.9 Å². The molecule has 1 aliphatic heterocycles. The largest absolute Gasteiger partial charge is 0.349 e. The molecule has 5 rings (SSSR count). The Balaban J connectivity index is 1.45. The lowest BCUT2D eigenvalue weighted by atomic mass is 9.53. The Labute approximate surface area is 130 Å². The van der Waals surface area contributed by atoms with Crippen LogP contribution in [0.1, 0.15) is 44.9 Å². The van der Waals surface area contributed by atoms with E-state index in [0.717, 1.165) is 23.5 Å². The Kier molecular flexibility index (Phi) is 3.43. The molecule has 1 atom stereocenters. The SMILES string of the molecule is O=C1CCSC[C@H](C(=O)NC23CC4CC(CC(C4)C2)C3)N1. The monoisotopic (exact) mass is 308 g/mol. The second-order valence-corrected chi connectivity index (χ2v) is 8.78. The van der Waals surface area contributed by atoms with Gasteiger partial charge in [0.15, 0.2) is 0 Å². The maximum Gasteiger partial charge on any atom is 0.243 e. The van der Waals surface area contributed by atoms with Gasteiger partial charge in [0.1, 0.15) is 6.04 Å². The van der Waals surface area contributed by atoms with E-state index in [1.54, 1.807) is 11.8 Å². The molecule has 0 radical (unpaired) electrons. The van der Waals surface area contributed by atoms with Crippen LogP contribution in [-0.2, 0) is 9.59 Å². The molecule has 0 aromatic carbocycles. The molecule has 1 saturated heterocycles. The van der Waals surface area contributed by atoms with E-state index in [0.29, 0.717) is 12.2 Å². The first-order valence-corrected chi connectivity index (χ1v) is 9.46. The second kappa shape index (κ2) is 5.18. The van der Waals surface area contributed by atoms with E-state index in [2.05, 4.69) is 10.6 Å². The molecule has 4 aliphatic carbocycles. The zero-order chi connectivity index (χ0) is 14.4. The molecule has 5 fully saturated rings. The lowest BCUT2D eigenvalue weighted by Gasteiger charge is -2.57. The van der Waals surface area contributed by atoms with Crippen molar-refractivity contribution in [3.05, 3.63) is 0 Å². The van der Waals surface area contributed by atoms with E-state index in [4.69, 9.17) is 0 Å². The van der Waals surface area contributed by atoms with Crippen molar-refractivity contribution >= 4 is 23.6 Å². The zero-order valence-corrected chi connectivity index (χ0v) is 13.2. The van der Waals surface area contributed by atoms with Gasteiger partial charge in [0, 0.05) is 23.5 Å². The fourth-order valence-electron chi connectivity index (χ4n) is 5.43. The highest BCUT2D eigenvalue weighted by Crippen LogP contribution is 2.55. The number of nitrogens with one attached hydrogen (secondary N) is 2. The molecule has 0 aromatic heterocycles. The lowest BCUT2D eigenvalue weighted by molar-refractivity contribution is -0.132. The van der Waals surface area contributed by atoms with Gasteiger partial charge in [-0.3, -0.25) is 9.59 Å². The van der Waals surface area contributed by atoms with Gasteiger partial charge in [-0.1, -0.05) is 0 Å². The fraction of sp³-hybridized carbons (Fsp3) is 0.875. The summed E-state index contributed by atoms with van der Waals surface area (Å²) in [5, 5.41) is 6.26. The Morgan fingerprint density at radius 2 is 1.76 bits per heavy atom. The van der Waals surface area contributed by atoms with E-state index in [1.165, 1.54) is 38.5 Å². The van der Waals surface area contributed by atoms with Crippen LogP contribution in [0.4, 0.5) is 0 Å². The molecular formula is C16H24N2O2S. The number of carbonyl (C=O) groups excluding carboxylic acids is 2. The predicted octanol–water partition coefficient (Wildman–Crippen LogP) is 1.69. The molecule has 116 valence electrons. The third-order valence-electron chi connectivity index (χ3n) is 5.84. The highest BCUT2D eigenvalue weighted by molar-refractivity contribution is 7.99. The molecule has 5 aliphatic rings. The Bertz CT molecular complexity index is 430. The summed E-state index contributed by atoms with van der Waals surface area (Å²) in [4.78, 5) is 24.3. The van der Waals surface area contributed by atoms with Gasteiger partial charge in [-0.2, -0.15) is 11.8 Å². The molecule has 21 heavy (non-hydrogen) atoms. The number of hydrogen-bond acceptors (Lipinski definition) is 3. The van der Waals surface area contributed by atoms with Gasteiger partial charge in [-0.15, -0.1) is 0 Å². The van der Waals surface area contributed by atoms with Crippen molar-refractivity contribution in [1.29, 1.82) is 0 Å². The lowest BCUT2D eigenvalue weighted by Crippen LogP contribution is -2.62. The molecule has 4 bridgehead atoms. The van der Waals surface area contributed by atoms with Crippen LogP contribution in [0.2, 0.25) is 0 Å². The molecule has 2 N–H and O–H groups in total. The second-order valence-electron chi connectivity index (χ2n) is 7.63. The fourth-order valence-corrected chi connectivity index (χ4v) is 6.39. The molecule has 4 nitrogen and oxygen atoms in total. The van der Waals surface area contributed by atoms with Gasteiger partial charge in [0.05, 0.1) is 0 Å². The Morgan fingerprint density at radius 1 is 1.14 bits per heavy atom. The number of thioether (sulfide) groups is 1. The van der Waals surface area contributed by atoms with Crippen LogP contribution in [0.3, 0.4) is 0 Å². The quantitative estimate of drug-likeness (QED) is 0.816. The summed E-state index contributed by atoms with van der Waals surface area (Å²) in [5.41, 5.74) is 0.0491. The summed E-state index contributed by atoms with van der Waals surface area (Å²) in [6.45, 7) is 0. The third-order valence-corrected chi connectivity index (χ3v) is 6.90. The summed E-state index contributed by atoms with van der Waals surface area (Å²) in [7, 11) is 0. The first-order valence-electron chi connectivity index (χ1n) is 8.31. The van der Waals surface area contributed by atoms with E-state index >= 15 is 0 Å². The zero-order valence-electron chi connectivity index (χ0n) is 12.4. The molecule has 0 aromatic rings. The maximum absolute atomic E-state index is 12.6. The van der Waals surface area contributed by atoms with Crippen molar-refractivity contribution in [3.63, 3.8) is 0 Å². The van der Waals surface area contributed by atoms with Crippen molar-refractivity contribution < 1.29 is 9.59 Å². The first-order chi connectivity index (χ1) is 10.1. The predicted molar refractivity (Wildman–Crippen MR) is 82.9 cm³/mol. The summed E-state index contributed by atoms with van der Waals surface area (Å²) in [6, 6.07) is -0.335. The highest BCUT2D eigenvalue weighted by atomic mass is 32.2. The van der Waals surface area contributed by atoms with Crippen LogP contribution >= 0.6 is 11.8 Å². The molecular weight excluding hydrogens is 284 g/mol.